The normalized spacial score (nSPS) is 24.9. The van der Waals surface area contributed by atoms with Gasteiger partial charge in [0.15, 0.2) is 0 Å². The summed E-state index contributed by atoms with van der Waals surface area (Å²) >= 11 is 0. The molecule has 3 nitrogen and oxygen atoms in total. The number of hydrogen-bond donors (Lipinski definition) is 1. The molecule has 1 saturated heterocycles. The first-order chi connectivity index (χ1) is 9.11. The summed E-state index contributed by atoms with van der Waals surface area (Å²) in [5.41, 5.74) is 2.72. The Balaban J connectivity index is 2.11. The molecule has 0 aliphatic carbocycles. The Hall–Kier alpha value is -0.930. The zero-order valence-corrected chi connectivity index (χ0v) is 12.7. The first-order valence-corrected chi connectivity index (χ1v) is 7.48. The maximum absolute atomic E-state index is 4.19. The molecule has 1 aliphatic rings. The maximum atomic E-state index is 4.19. The topological polar surface area (TPSA) is 28.2 Å². The van der Waals surface area contributed by atoms with Crippen molar-refractivity contribution in [3.8, 4) is 0 Å². The maximum Gasteiger partial charge on any atom is 0.0300 e. The van der Waals surface area contributed by atoms with Gasteiger partial charge < -0.3 is 5.32 Å². The molecule has 0 radical (unpaired) electrons. The fourth-order valence-corrected chi connectivity index (χ4v) is 2.91. The van der Waals surface area contributed by atoms with Crippen molar-refractivity contribution in [1.29, 1.82) is 0 Å². The Bertz CT molecular complexity index is 403. The highest BCUT2D eigenvalue weighted by Crippen LogP contribution is 2.20. The van der Waals surface area contributed by atoms with Gasteiger partial charge in [-0.05, 0) is 36.5 Å². The number of rotatable bonds is 4. The Morgan fingerprint density at radius 1 is 1.47 bits per heavy atom. The van der Waals surface area contributed by atoms with Crippen molar-refractivity contribution >= 4 is 0 Å². The molecular weight excluding hydrogens is 234 g/mol. The third-order valence-corrected chi connectivity index (χ3v) is 4.31. The zero-order chi connectivity index (χ0) is 13.8. The first-order valence-electron chi connectivity index (χ1n) is 7.48. The summed E-state index contributed by atoms with van der Waals surface area (Å²) in [4.78, 5) is 6.84. The second-order valence-electron chi connectivity index (χ2n) is 6.06. The van der Waals surface area contributed by atoms with E-state index in [1.165, 1.54) is 17.5 Å². The zero-order valence-electron chi connectivity index (χ0n) is 12.7. The monoisotopic (exact) mass is 261 g/mol. The van der Waals surface area contributed by atoms with E-state index in [0.717, 1.165) is 19.6 Å². The molecule has 2 heterocycles. The smallest absolute Gasteiger partial charge is 0.0300 e. The van der Waals surface area contributed by atoms with Gasteiger partial charge in [0.05, 0.1) is 0 Å². The summed E-state index contributed by atoms with van der Waals surface area (Å²) in [6, 6.07) is 3.43. The lowest BCUT2D eigenvalue weighted by molar-refractivity contribution is 0.0898. The van der Waals surface area contributed by atoms with Gasteiger partial charge >= 0.3 is 0 Å². The minimum Gasteiger partial charge on any atom is -0.311 e. The second kappa shape index (κ2) is 6.49. The minimum absolute atomic E-state index is 0.635. The standard InChI is InChI=1S/C16H27N3/c1-5-15-11-19(16(9-18-15)12(2)3)10-14-6-7-17-8-13(14)4/h6-8,12,15-16,18H,5,9-11H2,1-4H3. The van der Waals surface area contributed by atoms with Crippen LogP contribution in [-0.2, 0) is 6.54 Å². The fraction of sp³-hybridized carbons (Fsp3) is 0.688. The molecule has 106 valence electrons. The van der Waals surface area contributed by atoms with Crippen molar-refractivity contribution in [2.24, 2.45) is 5.92 Å². The average Bonchev–Trinajstić information content (AvgIpc) is 2.41. The number of piperazine rings is 1. The summed E-state index contributed by atoms with van der Waals surface area (Å²) in [5.74, 6) is 0.687. The predicted octanol–water partition coefficient (Wildman–Crippen LogP) is 2.60. The van der Waals surface area contributed by atoms with Crippen LogP contribution in [0.5, 0.6) is 0 Å². The van der Waals surface area contributed by atoms with Gasteiger partial charge in [0.1, 0.15) is 0 Å². The van der Waals surface area contributed by atoms with Crippen LogP contribution in [0.3, 0.4) is 0 Å². The quantitative estimate of drug-likeness (QED) is 0.903. The van der Waals surface area contributed by atoms with E-state index >= 15 is 0 Å². The molecule has 1 N–H and O–H groups in total. The van der Waals surface area contributed by atoms with E-state index in [9.17, 15) is 0 Å². The van der Waals surface area contributed by atoms with Crippen molar-refractivity contribution < 1.29 is 0 Å². The van der Waals surface area contributed by atoms with Crippen molar-refractivity contribution in [2.75, 3.05) is 13.1 Å². The number of nitrogens with one attached hydrogen (secondary N) is 1. The van der Waals surface area contributed by atoms with Crippen molar-refractivity contribution in [3.05, 3.63) is 29.6 Å². The van der Waals surface area contributed by atoms with Crippen molar-refractivity contribution in [2.45, 2.75) is 52.7 Å². The number of pyridine rings is 1. The molecule has 1 aliphatic heterocycles. The second-order valence-corrected chi connectivity index (χ2v) is 6.06. The van der Waals surface area contributed by atoms with Crippen molar-refractivity contribution in [3.63, 3.8) is 0 Å². The van der Waals surface area contributed by atoms with E-state index in [1.807, 2.05) is 12.4 Å². The molecule has 2 atom stereocenters. The van der Waals surface area contributed by atoms with Crippen LogP contribution in [0.2, 0.25) is 0 Å². The SMILES string of the molecule is CCC1CN(Cc2ccncc2C)C(C(C)C)CN1. The lowest BCUT2D eigenvalue weighted by Gasteiger charge is -2.42. The number of hydrogen-bond acceptors (Lipinski definition) is 3. The fourth-order valence-electron chi connectivity index (χ4n) is 2.91. The van der Waals surface area contributed by atoms with Gasteiger partial charge in [-0.15, -0.1) is 0 Å². The number of nitrogens with zero attached hydrogens (tertiary/aromatic N) is 2. The molecule has 1 aromatic heterocycles. The minimum atomic E-state index is 0.635. The molecule has 0 spiro atoms. The molecule has 1 aromatic rings. The highest BCUT2D eigenvalue weighted by Gasteiger charge is 2.29. The van der Waals surface area contributed by atoms with E-state index < -0.39 is 0 Å². The largest absolute Gasteiger partial charge is 0.311 e. The highest BCUT2D eigenvalue weighted by molar-refractivity contribution is 5.21. The Kier molecular flexibility index (Phi) is 4.94. The van der Waals surface area contributed by atoms with Crippen LogP contribution in [0.25, 0.3) is 0 Å². The van der Waals surface area contributed by atoms with Crippen molar-refractivity contribution in [1.82, 2.24) is 15.2 Å². The summed E-state index contributed by atoms with van der Waals surface area (Å²) in [7, 11) is 0. The highest BCUT2D eigenvalue weighted by atomic mass is 15.2. The summed E-state index contributed by atoms with van der Waals surface area (Å²) in [6.07, 6.45) is 5.09. The third kappa shape index (κ3) is 3.54. The molecule has 19 heavy (non-hydrogen) atoms. The van der Waals surface area contributed by atoms with Gasteiger partial charge in [-0.3, -0.25) is 9.88 Å². The van der Waals surface area contributed by atoms with Gasteiger partial charge in [-0.1, -0.05) is 20.8 Å². The van der Waals surface area contributed by atoms with E-state index in [1.54, 1.807) is 0 Å². The van der Waals surface area contributed by atoms with E-state index in [2.05, 4.69) is 49.0 Å². The first kappa shape index (κ1) is 14.5. The van der Waals surface area contributed by atoms with E-state index in [4.69, 9.17) is 0 Å². The molecule has 1 fully saturated rings. The van der Waals surface area contributed by atoms with Gasteiger partial charge in [0, 0.05) is 44.1 Å². The molecule has 2 rings (SSSR count). The molecule has 0 amide bonds. The molecule has 0 aromatic carbocycles. The third-order valence-electron chi connectivity index (χ3n) is 4.31. The average molecular weight is 261 g/mol. The lowest BCUT2D eigenvalue weighted by atomic mass is 9.96. The van der Waals surface area contributed by atoms with Crippen LogP contribution in [0, 0.1) is 12.8 Å². The number of aryl methyl sites for hydroxylation is 1. The Morgan fingerprint density at radius 2 is 2.26 bits per heavy atom. The summed E-state index contributed by atoms with van der Waals surface area (Å²) in [5, 5.41) is 3.68. The van der Waals surface area contributed by atoms with E-state index in [0.29, 0.717) is 18.0 Å². The lowest BCUT2D eigenvalue weighted by Crippen LogP contribution is -2.57. The van der Waals surface area contributed by atoms with Crippen LogP contribution >= 0.6 is 0 Å². The van der Waals surface area contributed by atoms with Crippen LogP contribution in [0.4, 0.5) is 0 Å². The molecular formula is C16H27N3. The van der Waals surface area contributed by atoms with Crippen LogP contribution in [0.15, 0.2) is 18.5 Å². The molecule has 3 heteroatoms. The van der Waals surface area contributed by atoms with Gasteiger partial charge in [0.25, 0.3) is 0 Å². The van der Waals surface area contributed by atoms with Crippen LogP contribution < -0.4 is 5.32 Å². The Morgan fingerprint density at radius 3 is 2.89 bits per heavy atom. The summed E-state index contributed by atoms with van der Waals surface area (Å²) in [6.45, 7) is 12.4. The number of aromatic nitrogens is 1. The summed E-state index contributed by atoms with van der Waals surface area (Å²) < 4.78 is 0. The molecule has 0 saturated carbocycles. The van der Waals surface area contributed by atoms with Gasteiger partial charge in [0.2, 0.25) is 0 Å². The Labute approximate surface area is 117 Å². The predicted molar refractivity (Wildman–Crippen MR) is 80.1 cm³/mol. The molecule has 2 unspecified atom stereocenters. The van der Waals surface area contributed by atoms with E-state index in [-0.39, 0.29) is 0 Å². The molecule has 0 bridgehead atoms. The van der Waals surface area contributed by atoms with Gasteiger partial charge in [-0.2, -0.15) is 0 Å². The van der Waals surface area contributed by atoms with Crippen LogP contribution in [0.1, 0.15) is 38.3 Å². The van der Waals surface area contributed by atoms with Crippen LogP contribution in [-0.4, -0.2) is 35.1 Å². The van der Waals surface area contributed by atoms with Gasteiger partial charge in [-0.25, -0.2) is 0 Å².